The van der Waals surface area contributed by atoms with E-state index in [1.165, 1.54) is 0 Å². The van der Waals surface area contributed by atoms with Crippen LogP contribution in [-0.2, 0) is 11.2 Å². The number of rotatable bonds is 5. The molecule has 0 heterocycles. The Hall–Kier alpha value is -2.28. The summed E-state index contributed by atoms with van der Waals surface area (Å²) in [7, 11) is 1.55. The number of hydrogen-bond donors (Lipinski definition) is 4. The van der Waals surface area contributed by atoms with Crippen molar-refractivity contribution in [3.8, 4) is 5.75 Å². The van der Waals surface area contributed by atoms with Gasteiger partial charge in [0.25, 0.3) is 5.91 Å². The van der Waals surface area contributed by atoms with Crippen LogP contribution in [-0.4, -0.2) is 30.3 Å². The Morgan fingerprint density at radius 1 is 1.39 bits per heavy atom. The summed E-state index contributed by atoms with van der Waals surface area (Å²) in [5, 5.41) is 10.7. The monoisotopic (exact) mass is 253 g/mol. The fourth-order valence-corrected chi connectivity index (χ4v) is 1.46. The van der Waals surface area contributed by atoms with Crippen LogP contribution >= 0.6 is 0 Å². The molecule has 5 N–H and O–H groups in total. The molecule has 0 unspecified atom stereocenters. The quantitative estimate of drug-likeness (QED) is 0.331. The van der Waals surface area contributed by atoms with Crippen LogP contribution in [0, 0.1) is 0 Å². The highest BCUT2D eigenvalue weighted by atomic mass is 16.5. The number of benzene rings is 1. The van der Waals surface area contributed by atoms with Gasteiger partial charge in [0.1, 0.15) is 11.8 Å². The van der Waals surface area contributed by atoms with E-state index < -0.39 is 18.0 Å². The molecule has 18 heavy (non-hydrogen) atoms. The Kier molecular flexibility index (Phi) is 4.94. The first-order chi connectivity index (χ1) is 8.56. The van der Waals surface area contributed by atoms with Gasteiger partial charge < -0.3 is 15.2 Å². The highest BCUT2D eigenvalue weighted by molar-refractivity contribution is 5.85. The maximum Gasteiger partial charge on any atom is 0.405 e. The number of amides is 2. The molecule has 0 saturated carbocycles. The molecule has 2 amide bonds. The number of ether oxygens (including phenoxy) is 1. The summed E-state index contributed by atoms with van der Waals surface area (Å²) in [5.74, 6) is 5.09. The molecule has 7 heteroatoms. The zero-order valence-corrected chi connectivity index (χ0v) is 9.84. The van der Waals surface area contributed by atoms with Gasteiger partial charge in [-0.25, -0.2) is 10.6 Å². The molecule has 7 nitrogen and oxygen atoms in total. The topological polar surface area (TPSA) is 114 Å². The Bertz CT molecular complexity index is 419. The average Bonchev–Trinajstić information content (AvgIpc) is 2.37. The smallest absolute Gasteiger partial charge is 0.405 e. The molecule has 0 aromatic heterocycles. The van der Waals surface area contributed by atoms with Crippen molar-refractivity contribution in [3.63, 3.8) is 0 Å². The van der Waals surface area contributed by atoms with Gasteiger partial charge in [0.05, 0.1) is 7.11 Å². The molecule has 0 aliphatic rings. The maximum absolute atomic E-state index is 11.4. The van der Waals surface area contributed by atoms with Gasteiger partial charge in [0.2, 0.25) is 0 Å². The highest BCUT2D eigenvalue weighted by Crippen LogP contribution is 2.12. The van der Waals surface area contributed by atoms with Crippen LogP contribution in [0.4, 0.5) is 4.79 Å². The molecule has 0 radical (unpaired) electrons. The number of nitrogens with two attached hydrogens (primary N) is 1. The molecule has 0 spiro atoms. The third-order valence-corrected chi connectivity index (χ3v) is 2.36. The molecular formula is C11H15N3O4. The Morgan fingerprint density at radius 2 is 2.00 bits per heavy atom. The fourth-order valence-electron chi connectivity index (χ4n) is 1.46. The second-order valence-corrected chi connectivity index (χ2v) is 3.56. The predicted octanol–water partition coefficient (Wildman–Crippen LogP) is -0.136. The van der Waals surface area contributed by atoms with Crippen LogP contribution in [0.5, 0.6) is 5.75 Å². The van der Waals surface area contributed by atoms with E-state index in [-0.39, 0.29) is 6.42 Å². The average molecular weight is 253 g/mol. The second-order valence-electron chi connectivity index (χ2n) is 3.56. The Morgan fingerprint density at radius 3 is 2.44 bits per heavy atom. The van der Waals surface area contributed by atoms with Crippen molar-refractivity contribution in [3.05, 3.63) is 29.8 Å². The fraction of sp³-hybridized carbons (Fsp3) is 0.273. The van der Waals surface area contributed by atoms with E-state index in [0.29, 0.717) is 5.75 Å². The molecule has 1 aromatic rings. The maximum atomic E-state index is 11.4. The lowest BCUT2D eigenvalue weighted by atomic mass is 10.1. The predicted molar refractivity (Wildman–Crippen MR) is 64.0 cm³/mol. The summed E-state index contributed by atoms with van der Waals surface area (Å²) in [5.41, 5.74) is 2.71. The van der Waals surface area contributed by atoms with E-state index in [4.69, 9.17) is 15.7 Å². The second kappa shape index (κ2) is 6.45. The number of methoxy groups -OCH3 is 1. The third-order valence-electron chi connectivity index (χ3n) is 2.36. The first-order valence-electron chi connectivity index (χ1n) is 5.19. The standard InChI is InChI=1S/C11H15N3O4/c1-18-8-4-2-7(3-5-8)6-9(10(15)14-12)13-11(16)17/h2-5,9,13H,6,12H2,1H3,(H,14,15)(H,16,17)/t9-/m0/s1. The summed E-state index contributed by atoms with van der Waals surface area (Å²) in [6.45, 7) is 0. The van der Waals surface area contributed by atoms with Gasteiger partial charge in [-0.3, -0.25) is 10.2 Å². The molecule has 0 fully saturated rings. The lowest BCUT2D eigenvalue weighted by Gasteiger charge is -2.15. The van der Waals surface area contributed by atoms with Gasteiger partial charge in [0.15, 0.2) is 0 Å². The van der Waals surface area contributed by atoms with Gasteiger partial charge in [-0.15, -0.1) is 0 Å². The number of carboxylic acid groups (broad SMARTS) is 1. The number of carbonyl (C=O) groups excluding carboxylic acids is 1. The lowest BCUT2D eigenvalue weighted by molar-refractivity contribution is -0.123. The van der Waals surface area contributed by atoms with Gasteiger partial charge in [-0.2, -0.15) is 0 Å². The van der Waals surface area contributed by atoms with Crippen molar-refractivity contribution < 1.29 is 19.4 Å². The van der Waals surface area contributed by atoms with E-state index in [1.807, 2.05) is 5.43 Å². The third kappa shape index (κ3) is 3.95. The number of hydrogen-bond acceptors (Lipinski definition) is 4. The number of carbonyl (C=O) groups is 2. The summed E-state index contributed by atoms with van der Waals surface area (Å²) in [6.07, 6.45) is -1.07. The minimum absolute atomic E-state index is 0.208. The van der Waals surface area contributed by atoms with Crippen molar-refractivity contribution in [1.82, 2.24) is 10.7 Å². The molecule has 1 aromatic carbocycles. The zero-order chi connectivity index (χ0) is 13.5. The van der Waals surface area contributed by atoms with Crippen LogP contribution in [0.3, 0.4) is 0 Å². The van der Waals surface area contributed by atoms with Crippen LogP contribution in [0.1, 0.15) is 5.56 Å². The largest absolute Gasteiger partial charge is 0.497 e. The van der Waals surface area contributed by atoms with Crippen molar-refractivity contribution in [2.24, 2.45) is 5.84 Å². The summed E-state index contributed by atoms with van der Waals surface area (Å²) >= 11 is 0. The van der Waals surface area contributed by atoms with Crippen LogP contribution < -0.4 is 21.3 Å². The molecule has 1 rings (SSSR count). The zero-order valence-electron chi connectivity index (χ0n) is 9.84. The highest BCUT2D eigenvalue weighted by Gasteiger charge is 2.19. The van der Waals surface area contributed by atoms with E-state index in [0.717, 1.165) is 5.56 Å². The first-order valence-corrected chi connectivity index (χ1v) is 5.19. The van der Waals surface area contributed by atoms with Crippen molar-refractivity contribution in [1.29, 1.82) is 0 Å². The minimum Gasteiger partial charge on any atom is -0.497 e. The number of hydrazine groups is 1. The Labute approximate surface area is 104 Å². The van der Waals surface area contributed by atoms with Crippen LogP contribution in [0.2, 0.25) is 0 Å². The van der Waals surface area contributed by atoms with E-state index in [2.05, 4.69) is 5.32 Å². The van der Waals surface area contributed by atoms with Crippen LogP contribution in [0.15, 0.2) is 24.3 Å². The van der Waals surface area contributed by atoms with Crippen LogP contribution in [0.25, 0.3) is 0 Å². The molecule has 0 bridgehead atoms. The SMILES string of the molecule is COc1ccc(C[C@H](NC(=O)O)C(=O)NN)cc1. The number of nitrogens with one attached hydrogen (secondary N) is 2. The van der Waals surface area contributed by atoms with Gasteiger partial charge in [-0.1, -0.05) is 12.1 Å². The molecule has 0 saturated heterocycles. The van der Waals surface area contributed by atoms with Gasteiger partial charge in [0, 0.05) is 6.42 Å². The van der Waals surface area contributed by atoms with Crippen molar-refractivity contribution in [2.75, 3.05) is 7.11 Å². The summed E-state index contributed by atoms with van der Waals surface area (Å²) in [4.78, 5) is 22.0. The van der Waals surface area contributed by atoms with Gasteiger partial charge in [-0.05, 0) is 17.7 Å². The Balaban J connectivity index is 2.75. The van der Waals surface area contributed by atoms with Gasteiger partial charge >= 0.3 is 6.09 Å². The first kappa shape index (κ1) is 13.8. The summed E-state index contributed by atoms with van der Waals surface area (Å²) in [6, 6.07) is 6.03. The summed E-state index contributed by atoms with van der Waals surface area (Å²) < 4.78 is 5.00. The van der Waals surface area contributed by atoms with Crippen molar-refractivity contribution in [2.45, 2.75) is 12.5 Å². The molecule has 0 aliphatic carbocycles. The van der Waals surface area contributed by atoms with E-state index in [1.54, 1.807) is 31.4 Å². The molecular weight excluding hydrogens is 238 g/mol. The molecule has 98 valence electrons. The van der Waals surface area contributed by atoms with E-state index in [9.17, 15) is 9.59 Å². The normalized spacial score (nSPS) is 11.4. The van der Waals surface area contributed by atoms with Crippen molar-refractivity contribution >= 4 is 12.0 Å². The lowest BCUT2D eigenvalue weighted by Crippen LogP contribution is -2.49. The molecule has 0 aliphatic heterocycles. The molecule has 1 atom stereocenters. The van der Waals surface area contributed by atoms with E-state index >= 15 is 0 Å². The minimum atomic E-state index is -1.28.